The maximum absolute atomic E-state index is 11.4. The molecule has 0 radical (unpaired) electrons. The molecule has 0 saturated heterocycles. The zero-order chi connectivity index (χ0) is 20.5. The lowest BCUT2D eigenvalue weighted by Gasteiger charge is -2.17. The molecule has 4 heteroatoms. The van der Waals surface area contributed by atoms with Gasteiger partial charge in [0.05, 0.1) is 0 Å². The van der Waals surface area contributed by atoms with Gasteiger partial charge in [-0.05, 0) is 60.1 Å². The van der Waals surface area contributed by atoms with E-state index in [1.807, 2.05) is 48.5 Å². The normalized spacial score (nSPS) is 12.9. The monoisotopic (exact) mass is 382 g/mol. The largest absolute Gasteiger partial charge is 0.427 e. The van der Waals surface area contributed by atoms with Gasteiger partial charge in [-0.2, -0.15) is 0 Å². The fourth-order valence-electron chi connectivity index (χ4n) is 2.97. The van der Waals surface area contributed by atoms with Gasteiger partial charge in [-0.15, -0.1) is 0 Å². The van der Waals surface area contributed by atoms with Crippen LogP contribution in [0.2, 0.25) is 0 Å². The Morgan fingerprint density at radius 1 is 0.679 bits per heavy atom. The standard InChI is InChI=1S/C24H30O4/c1-5-23(25)27-21-13-9-19(10-14-21)17(3)7-8-18(4)20-11-15-22(16-12-20)28-24(26)6-2/h9-18H,5-8H2,1-4H3/t17-,18-/m1/s1. The third-order valence-electron chi connectivity index (χ3n) is 4.97. The summed E-state index contributed by atoms with van der Waals surface area (Å²) in [5.41, 5.74) is 2.48. The Morgan fingerprint density at radius 2 is 1.00 bits per heavy atom. The first-order valence-electron chi connectivity index (χ1n) is 10.0. The van der Waals surface area contributed by atoms with Crippen LogP contribution in [0.5, 0.6) is 11.5 Å². The van der Waals surface area contributed by atoms with Crippen molar-refractivity contribution in [1.29, 1.82) is 0 Å². The van der Waals surface area contributed by atoms with Gasteiger partial charge in [0.1, 0.15) is 11.5 Å². The highest BCUT2D eigenvalue weighted by Gasteiger charge is 2.12. The molecule has 0 N–H and O–H groups in total. The van der Waals surface area contributed by atoms with Gasteiger partial charge >= 0.3 is 11.9 Å². The summed E-state index contributed by atoms with van der Waals surface area (Å²) < 4.78 is 10.4. The lowest BCUT2D eigenvalue weighted by atomic mass is 9.89. The molecule has 0 bridgehead atoms. The highest BCUT2D eigenvalue weighted by Crippen LogP contribution is 2.29. The van der Waals surface area contributed by atoms with Crippen molar-refractivity contribution in [2.24, 2.45) is 0 Å². The smallest absolute Gasteiger partial charge is 0.310 e. The Morgan fingerprint density at radius 3 is 1.29 bits per heavy atom. The van der Waals surface area contributed by atoms with E-state index in [-0.39, 0.29) is 11.9 Å². The molecule has 0 aliphatic heterocycles. The third-order valence-corrected chi connectivity index (χ3v) is 4.97. The van der Waals surface area contributed by atoms with Gasteiger partial charge in [0.2, 0.25) is 0 Å². The molecule has 0 aliphatic carbocycles. The van der Waals surface area contributed by atoms with Gasteiger partial charge in [0.25, 0.3) is 0 Å². The van der Waals surface area contributed by atoms with Crippen LogP contribution in [-0.2, 0) is 9.59 Å². The Balaban J connectivity index is 1.86. The average Bonchev–Trinajstić information content (AvgIpc) is 2.72. The fourth-order valence-corrected chi connectivity index (χ4v) is 2.97. The summed E-state index contributed by atoms with van der Waals surface area (Å²) in [5, 5.41) is 0. The van der Waals surface area contributed by atoms with E-state index in [2.05, 4.69) is 13.8 Å². The topological polar surface area (TPSA) is 52.6 Å². The first-order chi connectivity index (χ1) is 13.4. The van der Waals surface area contributed by atoms with Crippen molar-refractivity contribution in [3.8, 4) is 11.5 Å². The lowest BCUT2D eigenvalue weighted by molar-refractivity contribution is -0.134. The van der Waals surface area contributed by atoms with Crippen LogP contribution in [0, 0.1) is 0 Å². The van der Waals surface area contributed by atoms with Crippen LogP contribution in [0.4, 0.5) is 0 Å². The number of carbonyl (C=O) groups excluding carboxylic acids is 2. The Hall–Kier alpha value is -2.62. The SMILES string of the molecule is CCC(=O)Oc1ccc([C@H](C)CC[C@@H](C)c2ccc(OC(=O)CC)cc2)cc1. The predicted molar refractivity (Wildman–Crippen MR) is 111 cm³/mol. The first kappa shape index (κ1) is 21.7. The molecule has 2 aromatic rings. The fraction of sp³-hybridized carbons (Fsp3) is 0.417. The molecule has 0 saturated carbocycles. The second kappa shape index (κ2) is 10.6. The molecule has 28 heavy (non-hydrogen) atoms. The maximum Gasteiger partial charge on any atom is 0.310 e. The van der Waals surface area contributed by atoms with Crippen LogP contribution in [-0.4, -0.2) is 11.9 Å². The number of rotatable bonds is 9. The summed E-state index contributed by atoms with van der Waals surface area (Å²) in [6.07, 6.45) is 2.86. The summed E-state index contributed by atoms with van der Waals surface area (Å²) in [7, 11) is 0. The summed E-state index contributed by atoms with van der Waals surface area (Å²) in [6, 6.07) is 15.6. The molecule has 2 rings (SSSR count). The van der Waals surface area contributed by atoms with E-state index >= 15 is 0 Å². The maximum atomic E-state index is 11.4. The summed E-state index contributed by atoms with van der Waals surface area (Å²) >= 11 is 0. The van der Waals surface area contributed by atoms with Crippen LogP contribution in [0.25, 0.3) is 0 Å². The van der Waals surface area contributed by atoms with Crippen LogP contribution in [0.1, 0.15) is 76.3 Å². The third kappa shape index (κ3) is 6.52. The van der Waals surface area contributed by atoms with Gasteiger partial charge in [-0.3, -0.25) is 9.59 Å². The molecular weight excluding hydrogens is 352 g/mol. The quantitative estimate of drug-likeness (QED) is 0.394. The van der Waals surface area contributed by atoms with E-state index in [0.717, 1.165) is 12.8 Å². The van der Waals surface area contributed by atoms with E-state index in [1.165, 1.54) is 11.1 Å². The minimum absolute atomic E-state index is 0.217. The number of ether oxygens (including phenoxy) is 2. The average molecular weight is 383 g/mol. The Labute approximate surface area is 167 Å². The minimum Gasteiger partial charge on any atom is -0.427 e. The van der Waals surface area contributed by atoms with E-state index in [9.17, 15) is 9.59 Å². The molecule has 0 heterocycles. The zero-order valence-electron chi connectivity index (χ0n) is 17.2. The highest BCUT2D eigenvalue weighted by molar-refractivity contribution is 5.72. The lowest BCUT2D eigenvalue weighted by Crippen LogP contribution is -2.06. The van der Waals surface area contributed by atoms with Gasteiger partial charge < -0.3 is 9.47 Å². The molecule has 0 unspecified atom stereocenters. The van der Waals surface area contributed by atoms with Gasteiger partial charge in [-0.1, -0.05) is 52.0 Å². The van der Waals surface area contributed by atoms with Crippen molar-refractivity contribution in [2.75, 3.05) is 0 Å². The number of carbonyl (C=O) groups is 2. The zero-order valence-corrected chi connectivity index (χ0v) is 17.2. The van der Waals surface area contributed by atoms with Crippen molar-refractivity contribution in [3.05, 3.63) is 59.7 Å². The van der Waals surface area contributed by atoms with Crippen LogP contribution in [0.3, 0.4) is 0 Å². The molecule has 150 valence electrons. The van der Waals surface area contributed by atoms with Gasteiger partial charge in [-0.25, -0.2) is 0 Å². The summed E-state index contributed by atoms with van der Waals surface area (Å²) in [6.45, 7) is 8.00. The highest BCUT2D eigenvalue weighted by atomic mass is 16.5. The van der Waals surface area contributed by atoms with E-state index in [0.29, 0.717) is 36.2 Å². The molecule has 0 aromatic heterocycles. The second-order valence-corrected chi connectivity index (χ2v) is 7.17. The first-order valence-corrected chi connectivity index (χ1v) is 10.0. The number of hydrogen-bond donors (Lipinski definition) is 0. The molecule has 0 spiro atoms. The summed E-state index contributed by atoms with van der Waals surface area (Å²) in [4.78, 5) is 22.7. The molecule has 2 atom stereocenters. The summed E-state index contributed by atoms with van der Waals surface area (Å²) in [5.74, 6) is 1.60. The molecular formula is C24H30O4. The van der Waals surface area contributed by atoms with Crippen LogP contribution < -0.4 is 9.47 Å². The Bertz CT molecular complexity index is 695. The van der Waals surface area contributed by atoms with Crippen molar-refractivity contribution in [3.63, 3.8) is 0 Å². The van der Waals surface area contributed by atoms with Gasteiger partial charge in [0.15, 0.2) is 0 Å². The number of benzene rings is 2. The van der Waals surface area contributed by atoms with Gasteiger partial charge in [0, 0.05) is 12.8 Å². The number of hydrogen-bond acceptors (Lipinski definition) is 4. The molecule has 0 fully saturated rings. The number of esters is 2. The van der Waals surface area contributed by atoms with E-state index < -0.39 is 0 Å². The van der Waals surface area contributed by atoms with E-state index in [4.69, 9.17) is 9.47 Å². The van der Waals surface area contributed by atoms with Crippen LogP contribution >= 0.6 is 0 Å². The molecule has 0 aliphatic rings. The second-order valence-electron chi connectivity index (χ2n) is 7.17. The van der Waals surface area contributed by atoms with Crippen molar-refractivity contribution >= 4 is 11.9 Å². The van der Waals surface area contributed by atoms with E-state index in [1.54, 1.807) is 13.8 Å². The molecule has 0 amide bonds. The molecule has 4 nitrogen and oxygen atoms in total. The molecule has 2 aromatic carbocycles. The van der Waals surface area contributed by atoms with Crippen LogP contribution in [0.15, 0.2) is 48.5 Å². The minimum atomic E-state index is -0.217. The van der Waals surface area contributed by atoms with Crippen molar-refractivity contribution in [2.45, 2.75) is 65.2 Å². The van der Waals surface area contributed by atoms with Crippen molar-refractivity contribution < 1.29 is 19.1 Å². The van der Waals surface area contributed by atoms with Crippen molar-refractivity contribution in [1.82, 2.24) is 0 Å². The predicted octanol–water partition coefficient (Wildman–Crippen LogP) is 6.00. The Kier molecular flexibility index (Phi) is 8.24.